The molecule has 0 bridgehead atoms. The van der Waals surface area contributed by atoms with Crippen LogP contribution in [0.4, 0.5) is 0 Å². The van der Waals surface area contributed by atoms with Crippen molar-refractivity contribution in [1.29, 1.82) is 0 Å². The number of carbonyl (C=O) groups is 2. The van der Waals surface area contributed by atoms with Crippen LogP contribution < -0.4 is 11.5 Å². The number of thioether (sulfide) groups is 1. The van der Waals surface area contributed by atoms with Crippen molar-refractivity contribution in [3.8, 4) is 0 Å². The fourth-order valence-electron chi connectivity index (χ4n) is 2.13. The molecule has 0 saturated carbocycles. The molecular weight excluding hydrogens is 274 g/mol. The van der Waals surface area contributed by atoms with Gasteiger partial charge in [0.25, 0.3) is 0 Å². The Bertz CT molecular complexity index is 291. The third-order valence-electron chi connectivity index (χ3n) is 3.04. The van der Waals surface area contributed by atoms with Crippen LogP contribution in [0.5, 0.6) is 0 Å². The maximum Gasteiger partial charge on any atom is 0.232 e. The zero-order valence-electron chi connectivity index (χ0n) is 10.6. The Morgan fingerprint density at radius 3 is 2.61 bits per heavy atom. The van der Waals surface area contributed by atoms with Crippen LogP contribution in [0, 0.1) is 5.92 Å². The third-order valence-corrected chi connectivity index (χ3v) is 3.98. The Morgan fingerprint density at radius 1 is 1.39 bits per heavy atom. The molecule has 2 unspecified atom stereocenters. The molecule has 7 heteroatoms. The smallest absolute Gasteiger partial charge is 0.232 e. The van der Waals surface area contributed by atoms with Crippen molar-refractivity contribution < 1.29 is 9.59 Å². The maximum absolute atomic E-state index is 12.0. The molecule has 0 aromatic carbocycles. The van der Waals surface area contributed by atoms with E-state index in [4.69, 9.17) is 11.5 Å². The summed E-state index contributed by atoms with van der Waals surface area (Å²) in [5.74, 6) is 0.826. The molecule has 1 rings (SSSR count). The number of hydrogen-bond acceptors (Lipinski definition) is 4. The summed E-state index contributed by atoms with van der Waals surface area (Å²) >= 11 is 1.27. The largest absolute Gasteiger partial charge is 0.369 e. The highest BCUT2D eigenvalue weighted by atomic mass is 35.5. The lowest BCUT2D eigenvalue weighted by atomic mass is 9.92. The molecule has 0 aliphatic carbocycles. The first-order valence-corrected chi connectivity index (χ1v) is 7.05. The van der Waals surface area contributed by atoms with Crippen molar-refractivity contribution in [2.24, 2.45) is 17.4 Å². The van der Waals surface area contributed by atoms with Gasteiger partial charge in [0.1, 0.15) is 0 Å². The number of nitrogens with two attached hydrogens (primary N) is 2. The normalized spacial score (nSPS) is 23.3. The van der Waals surface area contributed by atoms with E-state index in [0.29, 0.717) is 18.2 Å². The minimum atomic E-state index is -0.384. The van der Waals surface area contributed by atoms with Crippen LogP contribution in [0.15, 0.2) is 0 Å². The minimum Gasteiger partial charge on any atom is -0.369 e. The second-order valence-corrected chi connectivity index (χ2v) is 5.55. The number of hydrogen-bond donors (Lipinski definition) is 2. The van der Waals surface area contributed by atoms with Crippen LogP contribution in [0.1, 0.15) is 19.8 Å². The van der Waals surface area contributed by atoms with Crippen LogP contribution in [0.2, 0.25) is 0 Å². The van der Waals surface area contributed by atoms with Gasteiger partial charge in [-0.3, -0.25) is 9.59 Å². The molecule has 2 atom stereocenters. The number of carbonyl (C=O) groups excluding carboxylic acids is 2. The zero-order valence-corrected chi connectivity index (χ0v) is 12.3. The predicted molar refractivity (Wildman–Crippen MR) is 76.7 cm³/mol. The Labute approximate surface area is 118 Å². The molecule has 2 amide bonds. The van der Waals surface area contributed by atoms with Crippen molar-refractivity contribution in [2.75, 3.05) is 24.6 Å². The van der Waals surface area contributed by atoms with Crippen molar-refractivity contribution in [1.82, 2.24) is 4.90 Å². The molecule has 1 heterocycles. The molecule has 4 N–H and O–H groups in total. The summed E-state index contributed by atoms with van der Waals surface area (Å²) in [6.07, 6.45) is 2.01. The highest BCUT2D eigenvalue weighted by molar-refractivity contribution is 8.00. The first-order chi connectivity index (χ1) is 8.04. The molecule has 106 valence electrons. The quantitative estimate of drug-likeness (QED) is 0.759. The van der Waals surface area contributed by atoms with Crippen LogP contribution in [-0.2, 0) is 9.59 Å². The number of piperidine rings is 1. The molecule has 1 fully saturated rings. The average Bonchev–Trinajstić information content (AvgIpc) is 2.28. The van der Waals surface area contributed by atoms with Gasteiger partial charge in [-0.15, -0.1) is 24.2 Å². The van der Waals surface area contributed by atoms with Crippen molar-refractivity contribution in [3.05, 3.63) is 0 Å². The van der Waals surface area contributed by atoms with E-state index < -0.39 is 0 Å². The minimum absolute atomic E-state index is 0. The first kappa shape index (κ1) is 17.5. The summed E-state index contributed by atoms with van der Waals surface area (Å²) in [4.78, 5) is 24.4. The molecule has 0 aromatic heterocycles. The number of rotatable bonds is 5. The SMILES string of the molecule is CC1CCN(C(=O)CSCC(N)=O)C(CN)C1.Cl. The Balaban J connectivity index is 0.00000289. The van der Waals surface area contributed by atoms with E-state index in [1.54, 1.807) is 0 Å². The number of likely N-dealkylation sites (tertiary alicyclic amines) is 1. The monoisotopic (exact) mass is 295 g/mol. The fraction of sp³-hybridized carbons (Fsp3) is 0.818. The zero-order chi connectivity index (χ0) is 12.8. The van der Waals surface area contributed by atoms with Crippen LogP contribution >= 0.6 is 24.2 Å². The van der Waals surface area contributed by atoms with Crippen molar-refractivity contribution in [2.45, 2.75) is 25.8 Å². The molecule has 0 radical (unpaired) electrons. The molecule has 18 heavy (non-hydrogen) atoms. The second kappa shape index (κ2) is 8.61. The van der Waals surface area contributed by atoms with Gasteiger partial charge in [-0.2, -0.15) is 0 Å². The summed E-state index contributed by atoms with van der Waals surface area (Å²) in [7, 11) is 0. The Hall–Kier alpha value is -0.460. The van der Waals surface area contributed by atoms with Gasteiger partial charge in [-0.1, -0.05) is 6.92 Å². The van der Waals surface area contributed by atoms with Gasteiger partial charge in [0.2, 0.25) is 11.8 Å². The van der Waals surface area contributed by atoms with E-state index in [1.807, 2.05) is 4.90 Å². The summed E-state index contributed by atoms with van der Waals surface area (Å²) in [5, 5.41) is 0. The third kappa shape index (κ3) is 5.46. The molecule has 1 aliphatic heterocycles. The van der Waals surface area contributed by atoms with Gasteiger partial charge in [0, 0.05) is 19.1 Å². The van der Waals surface area contributed by atoms with Crippen LogP contribution in [0.3, 0.4) is 0 Å². The van der Waals surface area contributed by atoms with E-state index in [0.717, 1.165) is 19.4 Å². The molecule has 1 saturated heterocycles. The maximum atomic E-state index is 12.0. The standard InChI is InChI=1S/C11H21N3O2S.ClH/c1-8-2-3-14(9(4-8)5-12)11(16)7-17-6-10(13)15;/h8-9H,2-7,12H2,1H3,(H2,13,15);1H. The van der Waals surface area contributed by atoms with E-state index >= 15 is 0 Å². The topological polar surface area (TPSA) is 89.4 Å². The van der Waals surface area contributed by atoms with Crippen molar-refractivity contribution >= 4 is 36.0 Å². The molecule has 0 aromatic rings. The number of nitrogens with zero attached hydrogens (tertiary/aromatic N) is 1. The summed E-state index contributed by atoms with van der Waals surface area (Å²) in [5.41, 5.74) is 10.7. The van der Waals surface area contributed by atoms with Crippen LogP contribution in [0.25, 0.3) is 0 Å². The molecule has 5 nitrogen and oxygen atoms in total. The lowest BCUT2D eigenvalue weighted by Gasteiger charge is -2.38. The average molecular weight is 296 g/mol. The van der Waals surface area contributed by atoms with Gasteiger partial charge >= 0.3 is 0 Å². The van der Waals surface area contributed by atoms with Gasteiger partial charge in [0.05, 0.1) is 11.5 Å². The van der Waals surface area contributed by atoms with E-state index in [-0.39, 0.29) is 36.0 Å². The number of halogens is 1. The van der Waals surface area contributed by atoms with Crippen LogP contribution in [-0.4, -0.2) is 47.4 Å². The van der Waals surface area contributed by atoms with E-state index in [1.165, 1.54) is 11.8 Å². The Kier molecular flexibility index (Phi) is 8.39. The number of amides is 2. The molecular formula is C11H22ClN3O2S. The summed E-state index contributed by atoms with van der Waals surface area (Å²) in [6.45, 7) is 3.47. The highest BCUT2D eigenvalue weighted by Gasteiger charge is 2.28. The lowest BCUT2D eigenvalue weighted by Crippen LogP contribution is -2.50. The summed E-state index contributed by atoms with van der Waals surface area (Å²) in [6, 6.07) is 0.153. The van der Waals surface area contributed by atoms with Gasteiger partial charge in [-0.25, -0.2) is 0 Å². The number of primary amides is 1. The first-order valence-electron chi connectivity index (χ1n) is 5.90. The van der Waals surface area contributed by atoms with Gasteiger partial charge in [0.15, 0.2) is 0 Å². The summed E-state index contributed by atoms with van der Waals surface area (Å²) < 4.78 is 0. The van der Waals surface area contributed by atoms with Crippen molar-refractivity contribution in [3.63, 3.8) is 0 Å². The van der Waals surface area contributed by atoms with E-state index in [2.05, 4.69) is 6.92 Å². The molecule has 1 aliphatic rings. The van der Waals surface area contributed by atoms with Gasteiger partial charge < -0.3 is 16.4 Å². The predicted octanol–water partition coefficient (Wildman–Crippen LogP) is 0.213. The van der Waals surface area contributed by atoms with E-state index in [9.17, 15) is 9.59 Å². The molecule has 0 spiro atoms. The second-order valence-electron chi connectivity index (χ2n) is 4.57. The fourth-order valence-corrected chi connectivity index (χ4v) is 2.77. The lowest BCUT2D eigenvalue weighted by molar-refractivity contribution is -0.132. The highest BCUT2D eigenvalue weighted by Crippen LogP contribution is 2.22. The Morgan fingerprint density at radius 2 is 2.06 bits per heavy atom. The van der Waals surface area contributed by atoms with Gasteiger partial charge in [-0.05, 0) is 18.8 Å².